The Labute approximate surface area is 114 Å². The van der Waals surface area contributed by atoms with Crippen molar-refractivity contribution in [3.05, 3.63) is 10.6 Å². The molecule has 2 rings (SSSR count). The molecule has 1 aromatic rings. The molecular formula is C11H15N3O4S. The van der Waals surface area contributed by atoms with Crippen LogP contribution in [-0.2, 0) is 16.0 Å². The topological polar surface area (TPSA) is 92.6 Å². The van der Waals surface area contributed by atoms with E-state index in [2.05, 4.69) is 9.59 Å². The van der Waals surface area contributed by atoms with Gasteiger partial charge in [0.15, 0.2) is 6.04 Å². The Balaban J connectivity index is 2.21. The minimum absolute atomic E-state index is 0.0242. The molecule has 0 spiro atoms. The molecule has 7 nitrogen and oxygen atoms in total. The first-order valence-electron chi connectivity index (χ1n) is 6.08. The van der Waals surface area contributed by atoms with Gasteiger partial charge in [-0.3, -0.25) is 4.79 Å². The molecule has 1 aliphatic rings. The van der Waals surface area contributed by atoms with E-state index in [9.17, 15) is 9.59 Å². The van der Waals surface area contributed by atoms with Crippen molar-refractivity contribution in [2.45, 2.75) is 25.8 Å². The van der Waals surface area contributed by atoms with E-state index in [1.54, 1.807) is 0 Å². The van der Waals surface area contributed by atoms with Gasteiger partial charge < -0.3 is 14.7 Å². The number of carboxylic acids is 1. The fourth-order valence-electron chi connectivity index (χ4n) is 1.95. The molecule has 0 aromatic carbocycles. The molecule has 1 N–H and O–H groups in total. The maximum Gasteiger partial charge on any atom is 0.328 e. The average Bonchev–Trinajstić information content (AvgIpc) is 2.86. The fraction of sp³-hybridized carbons (Fsp3) is 0.636. The quantitative estimate of drug-likeness (QED) is 0.861. The van der Waals surface area contributed by atoms with E-state index >= 15 is 0 Å². The van der Waals surface area contributed by atoms with Gasteiger partial charge in [-0.05, 0) is 18.0 Å². The first kappa shape index (κ1) is 13.9. The summed E-state index contributed by atoms with van der Waals surface area (Å²) in [6.07, 6.45) is 1.52. The molecule has 0 saturated carbocycles. The van der Waals surface area contributed by atoms with Gasteiger partial charge in [0.25, 0.3) is 5.91 Å². The predicted molar refractivity (Wildman–Crippen MR) is 67.2 cm³/mol. The lowest BCUT2D eigenvalue weighted by atomic mass is 10.2. The summed E-state index contributed by atoms with van der Waals surface area (Å²) in [5.41, 5.74) is 0.646. The van der Waals surface area contributed by atoms with Gasteiger partial charge in [0, 0.05) is 6.54 Å². The lowest BCUT2D eigenvalue weighted by molar-refractivity contribution is -0.147. The Morgan fingerprint density at radius 1 is 1.58 bits per heavy atom. The molecule has 0 radical (unpaired) electrons. The van der Waals surface area contributed by atoms with Crippen molar-refractivity contribution in [2.75, 3.05) is 19.8 Å². The third-order valence-electron chi connectivity index (χ3n) is 2.91. The number of carboxylic acid groups (broad SMARTS) is 1. The van der Waals surface area contributed by atoms with Gasteiger partial charge in [0.05, 0.1) is 18.9 Å². The van der Waals surface area contributed by atoms with E-state index in [1.165, 1.54) is 4.90 Å². The van der Waals surface area contributed by atoms with Crippen LogP contribution in [0.4, 0.5) is 0 Å². The Morgan fingerprint density at radius 2 is 2.37 bits per heavy atom. The number of ether oxygens (including phenoxy) is 1. The van der Waals surface area contributed by atoms with Crippen LogP contribution in [-0.4, -0.2) is 57.3 Å². The van der Waals surface area contributed by atoms with Gasteiger partial charge in [-0.2, -0.15) is 0 Å². The number of rotatable bonds is 4. The predicted octanol–water partition coefficient (Wildman–Crippen LogP) is 0.416. The summed E-state index contributed by atoms with van der Waals surface area (Å²) in [7, 11) is 0. The number of nitrogens with zero attached hydrogens (tertiary/aromatic N) is 3. The molecular weight excluding hydrogens is 270 g/mol. The van der Waals surface area contributed by atoms with Crippen LogP contribution in [0.5, 0.6) is 0 Å². The summed E-state index contributed by atoms with van der Waals surface area (Å²) in [6, 6.07) is -0.933. The number of hydrogen-bond acceptors (Lipinski definition) is 6. The Bertz CT molecular complexity index is 476. The maximum atomic E-state index is 12.4. The minimum atomic E-state index is -1.05. The van der Waals surface area contributed by atoms with Gasteiger partial charge in [0.1, 0.15) is 4.88 Å². The van der Waals surface area contributed by atoms with Crippen molar-refractivity contribution >= 4 is 23.4 Å². The zero-order valence-corrected chi connectivity index (χ0v) is 11.4. The molecule has 0 bridgehead atoms. The highest BCUT2D eigenvalue weighted by molar-refractivity contribution is 7.08. The van der Waals surface area contributed by atoms with E-state index in [4.69, 9.17) is 9.84 Å². The highest BCUT2D eigenvalue weighted by Gasteiger charge is 2.35. The Kier molecular flexibility index (Phi) is 4.43. The van der Waals surface area contributed by atoms with Crippen LogP contribution in [0.25, 0.3) is 0 Å². The number of aliphatic carboxylic acids is 1. The highest BCUT2D eigenvalue weighted by Crippen LogP contribution is 2.18. The van der Waals surface area contributed by atoms with Crippen molar-refractivity contribution < 1.29 is 19.4 Å². The van der Waals surface area contributed by atoms with E-state index in [0.29, 0.717) is 23.6 Å². The number of hydrogen-bond donors (Lipinski definition) is 1. The molecule has 1 saturated heterocycles. The van der Waals surface area contributed by atoms with Crippen molar-refractivity contribution in [2.24, 2.45) is 0 Å². The smallest absolute Gasteiger partial charge is 0.328 e. The van der Waals surface area contributed by atoms with Crippen LogP contribution in [0.2, 0.25) is 0 Å². The lowest BCUT2D eigenvalue weighted by Gasteiger charge is -2.32. The van der Waals surface area contributed by atoms with Crippen LogP contribution in [0.1, 0.15) is 28.7 Å². The van der Waals surface area contributed by atoms with Gasteiger partial charge in [-0.25, -0.2) is 4.79 Å². The second-order valence-corrected chi connectivity index (χ2v) is 4.98. The largest absolute Gasteiger partial charge is 0.480 e. The normalized spacial score (nSPS) is 19.4. The summed E-state index contributed by atoms with van der Waals surface area (Å²) in [6.45, 7) is 2.64. The van der Waals surface area contributed by atoms with Gasteiger partial charge in [-0.1, -0.05) is 17.8 Å². The summed E-state index contributed by atoms with van der Waals surface area (Å²) in [4.78, 5) is 25.3. The SMILES string of the molecule is CCCc1nnsc1C(=O)N1CCOCC1C(=O)O. The van der Waals surface area contributed by atoms with Crippen LogP contribution in [0.3, 0.4) is 0 Å². The number of carbonyl (C=O) groups excluding carboxylic acids is 1. The van der Waals surface area contributed by atoms with Crippen LogP contribution in [0.15, 0.2) is 0 Å². The third kappa shape index (κ3) is 2.90. The van der Waals surface area contributed by atoms with Crippen LogP contribution in [0, 0.1) is 0 Å². The van der Waals surface area contributed by atoms with Crippen molar-refractivity contribution in [3.63, 3.8) is 0 Å². The summed E-state index contributed by atoms with van der Waals surface area (Å²) in [5, 5.41) is 13.1. The Hall–Kier alpha value is -1.54. The van der Waals surface area contributed by atoms with Gasteiger partial charge in [-0.15, -0.1) is 5.10 Å². The van der Waals surface area contributed by atoms with Crippen LogP contribution < -0.4 is 0 Å². The molecule has 0 aliphatic carbocycles. The Morgan fingerprint density at radius 3 is 3.05 bits per heavy atom. The average molecular weight is 285 g/mol. The second kappa shape index (κ2) is 6.07. The second-order valence-electron chi connectivity index (χ2n) is 4.23. The number of aromatic nitrogens is 2. The maximum absolute atomic E-state index is 12.4. The molecule has 8 heteroatoms. The highest BCUT2D eigenvalue weighted by atomic mass is 32.1. The molecule has 1 unspecified atom stereocenters. The molecule has 1 amide bonds. The van der Waals surface area contributed by atoms with E-state index in [1.807, 2.05) is 6.92 Å². The van der Waals surface area contributed by atoms with Crippen molar-refractivity contribution in [1.82, 2.24) is 14.5 Å². The first-order valence-corrected chi connectivity index (χ1v) is 6.85. The fourth-order valence-corrected chi connectivity index (χ4v) is 2.62. The monoisotopic (exact) mass is 285 g/mol. The number of aryl methyl sites for hydroxylation is 1. The molecule has 2 heterocycles. The first-order chi connectivity index (χ1) is 9.15. The zero-order valence-electron chi connectivity index (χ0n) is 10.5. The van der Waals surface area contributed by atoms with Crippen molar-refractivity contribution in [1.29, 1.82) is 0 Å². The molecule has 104 valence electrons. The number of morpholine rings is 1. The third-order valence-corrected chi connectivity index (χ3v) is 3.67. The molecule has 1 aliphatic heterocycles. The van der Waals surface area contributed by atoms with Gasteiger partial charge in [0.2, 0.25) is 0 Å². The molecule has 19 heavy (non-hydrogen) atoms. The summed E-state index contributed by atoms with van der Waals surface area (Å²) >= 11 is 1.02. The molecule has 1 fully saturated rings. The molecule has 1 aromatic heterocycles. The van der Waals surface area contributed by atoms with Crippen molar-refractivity contribution in [3.8, 4) is 0 Å². The number of carbonyl (C=O) groups is 2. The zero-order chi connectivity index (χ0) is 13.8. The van der Waals surface area contributed by atoms with E-state index in [0.717, 1.165) is 18.0 Å². The number of amides is 1. The lowest BCUT2D eigenvalue weighted by Crippen LogP contribution is -2.52. The summed E-state index contributed by atoms with van der Waals surface area (Å²) < 4.78 is 8.91. The molecule has 1 atom stereocenters. The summed E-state index contributed by atoms with van der Waals surface area (Å²) in [5.74, 6) is -1.36. The van der Waals surface area contributed by atoms with E-state index in [-0.39, 0.29) is 19.1 Å². The van der Waals surface area contributed by atoms with E-state index < -0.39 is 12.0 Å². The standard InChI is InChI=1S/C11H15N3O4S/c1-2-3-7-9(19-13-12-7)10(15)14-4-5-18-6-8(14)11(16)17/h8H,2-6H2,1H3,(H,16,17). The van der Waals surface area contributed by atoms with Gasteiger partial charge >= 0.3 is 5.97 Å². The minimum Gasteiger partial charge on any atom is -0.480 e. The van der Waals surface area contributed by atoms with Crippen LogP contribution >= 0.6 is 11.5 Å².